The van der Waals surface area contributed by atoms with E-state index in [9.17, 15) is 4.79 Å². The zero-order chi connectivity index (χ0) is 14.3. The number of hydrogen-bond acceptors (Lipinski definition) is 2. The van der Waals surface area contributed by atoms with Crippen LogP contribution >= 0.6 is 11.6 Å². The fraction of sp³-hybridized carbons (Fsp3) is 0.562. The number of nitrogens with zero attached hydrogens (tertiary/aromatic N) is 1. The second-order valence-corrected chi connectivity index (χ2v) is 6.80. The Kier molecular flexibility index (Phi) is 3.51. The van der Waals surface area contributed by atoms with Gasteiger partial charge < -0.3 is 4.90 Å². The molecule has 0 radical (unpaired) electrons. The molecule has 1 N–H and O–H groups in total. The lowest BCUT2D eigenvalue weighted by molar-refractivity contribution is -0.131. The third-order valence-corrected chi connectivity index (χ3v) is 4.53. The van der Waals surface area contributed by atoms with Gasteiger partial charge >= 0.3 is 0 Å². The molecule has 20 heavy (non-hydrogen) atoms. The first-order valence-electron chi connectivity index (χ1n) is 7.36. The molecule has 2 aliphatic rings. The summed E-state index contributed by atoms with van der Waals surface area (Å²) >= 11 is 5.95. The van der Waals surface area contributed by atoms with E-state index in [1.807, 2.05) is 29.2 Å². The number of amides is 1. The van der Waals surface area contributed by atoms with Crippen molar-refractivity contribution in [3.63, 3.8) is 0 Å². The first kappa shape index (κ1) is 13.9. The van der Waals surface area contributed by atoms with Gasteiger partial charge in [-0.25, -0.2) is 0 Å². The predicted octanol–water partition coefficient (Wildman–Crippen LogP) is 3.35. The molecule has 3 rings (SSSR count). The number of hydrogen-bond donors (Lipinski definition) is 1. The van der Waals surface area contributed by atoms with E-state index < -0.39 is 0 Å². The Morgan fingerprint density at radius 3 is 2.55 bits per heavy atom. The van der Waals surface area contributed by atoms with Gasteiger partial charge in [0.2, 0.25) is 5.91 Å². The molecule has 108 valence electrons. The van der Waals surface area contributed by atoms with Crippen LogP contribution in [0.1, 0.15) is 44.8 Å². The lowest BCUT2D eigenvalue weighted by Crippen LogP contribution is -2.33. The maximum absolute atomic E-state index is 12.6. The Hall–Kier alpha value is -1.06. The van der Waals surface area contributed by atoms with Gasteiger partial charge in [-0.2, -0.15) is 0 Å². The number of halogens is 1. The monoisotopic (exact) mass is 292 g/mol. The van der Waals surface area contributed by atoms with Crippen molar-refractivity contribution in [3.05, 3.63) is 34.9 Å². The Morgan fingerprint density at radius 2 is 2.00 bits per heavy atom. The molecule has 1 atom stereocenters. The van der Waals surface area contributed by atoms with E-state index in [2.05, 4.69) is 19.2 Å². The van der Waals surface area contributed by atoms with Crippen molar-refractivity contribution in [1.29, 1.82) is 0 Å². The smallest absolute Gasteiger partial charge is 0.244 e. The van der Waals surface area contributed by atoms with Crippen LogP contribution in [0.3, 0.4) is 0 Å². The summed E-state index contributed by atoms with van der Waals surface area (Å²) in [6, 6.07) is 7.80. The molecule has 0 bridgehead atoms. The second-order valence-electron chi connectivity index (χ2n) is 6.36. The first-order chi connectivity index (χ1) is 9.52. The molecule has 1 saturated carbocycles. The minimum Gasteiger partial charge on any atom is -0.321 e. The zero-order valence-electron chi connectivity index (χ0n) is 12.0. The van der Waals surface area contributed by atoms with Gasteiger partial charge in [-0.15, -0.1) is 0 Å². The van der Waals surface area contributed by atoms with Gasteiger partial charge in [-0.1, -0.05) is 37.6 Å². The topological polar surface area (TPSA) is 32.3 Å². The van der Waals surface area contributed by atoms with Crippen LogP contribution in [0, 0.1) is 5.92 Å². The van der Waals surface area contributed by atoms with Gasteiger partial charge in [0.25, 0.3) is 0 Å². The van der Waals surface area contributed by atoms with Crippen LogP contribution in [0.2, 0.25) is 5.02 Å². The Labute approximate surface area is 125 Å². The average molecular weight is 293 g/mol. The van der Waals surface area contributed by atoms with Crippen LogP contribution in [-0.4, -0.2) is 22.9 Å². The molecule has 1 spiro atoms. The first-order valence-corrected chi connectivity index (χ1v) is 7.74. The van der Waals surface area contributed by atoms with Crippen LogP contribution in [0.15, 0.2) is 24.3 Å². The third-order valence-electron chi connectivity index (χ3n) is 4.28. The number of benzene rings is 1. The van der Waals surface area contributed by atoms with Crippen molar-refractivity contribution in [2.24, 2.45) is 5.92 Å². The quantitative estimate of drug-likeness (QED) is 0.923. The molecular weight excluding hydrogens is 272 g/mol. The van der Waals surface area contributed by atoms with Gasteiger partial charge in [0.05, 0.1) is 0 Å². The predicted molar refractivity (Wildman–Crippen MR) is 80.5 cm³/mol. The van der Waals surface area contributed by atoms with E-state index in [1.54, 1.807) is 0 Å². The summed E-state index contributed by atoms with van der Waals surface area (Å²) in [5.41, 5.74) is 0.858. The van der Waals surface area contributed by atoms with Crippen molar-refractivity contribution >= 4 is 17.5 Å². The van der Waals surface area contributed by atoms with Gasteiger partial charge in [0.15, 0.2) is 0 Å². The second kappa shape index (κ2) is 5.05. The molecule has 1 saturated heterocycles. The van der Waals surface area contributed by atoms with E-state index in [-0.39, 0.29) is 17.6 Å². The molecule has 3 nitrogen and oxygen atoms in total. The van der Waals surface area contributed by atoms with Gasteiger partial charge in [-0.05, 0) is 42.9 Å². The van der Waals surface area contributed by atoms with Gasteiger partial charge in [-0.3, -0.25) is 10.1 Å². The summed E-state index contributed by atoms with van der Waals surface area (Å²) in [7, 11) is 0. The third kappa shape index (κ3) is 2.45. The average Bonchev–Trinajstić information content (AvgIpc) is 3.13. The van der Waals surface area contributed by atoms with Crippen LogP contribution in [-0.2, 0) is 4.79 Å². The minimum atomic E-state index is -0.263. The number of carbonyl (C=O) groups excluding carboxylic acids is 1. The molecule has 1 aromatic rings. The maximum Gasteiger partial charge on any atom is 0.244 e. The summed E-state index contributed by atoms with van der Waals surface area (Å²) in [6.07, 6.45) is 2.97. The molecule has 1 unspecified atom stereocenters. The molecule has 4 heteroatoms. The standard InChI is InChI=1S/C16H21ClN2O/c1-11(2)7-10-19-14(12-3-5-13(17)6-4-12)18-16(8-9-16)15(19)20/h3-6,11,14,18H,7-10H2,1-2H3. The van der Waals surface area contributed by atoms with Crippen molar-refractivity contribution < 1.29 is 4.79 Å². The van der Waals surface area contributed by atoms with Gasteiger partial charge in [0, 0.05) is 11.6 Å². The molecule has 1 aromatic carbocycles. The highest BCUT2D eigenvalue weighted by Gasteiger charge is 2.59. The fourth-order valence-corrected chi connectivity index (χ4v) is 2.94. The lowest BCUT2D eigenvalue weighted by atomic mass is 10.1. The fourth-order valence-electron chi connectivity index (χ4n) is 2.81. The maximum atomic E-state index is 12.6. The van der Waals surface area contributed by atoms with Crippen molar-refractivity contribution in [1.82, 2.24) is 10.2 Å². The van der Waals surface area contributed by atoms with Crippen LogP contribution in [0.4, 0.5) is 0 Å². The molecule has 2 fully saturated rings. The minimum absolute atomic E-state index is 0.000941. The Morgan fingerprint density at radius 1 is 1.35 bits per heavy atom. The van der Waals surface area contributed by atoms with E-state index in [0.717, 1.165) is 36.4 Å². The number of rotatable bonds is 4. The van der Waals surface area contributed by atoms with Crippen LogP contribution < -0.4 is 5.32 Å². The summed E-state index contributed by atoms with van der Waals surface area (Å²) in [5.74, 6) is 0.877. The number of nitrogens with one attached hydrogen (secondary N) is 1. The zero-order valence-corrected chi connectivity index (χ0v) is 12.8. The molecule has 1 aliphatic carbocycles. The highest BCUT2D eigenvalue weighted by molar-refractivity contribution is 6.30. The highest BCUT2D eigenvalue weighted by atomic mass is 35.5. The largest absolute Gasteiger partial charge is 0.321 e. The van der Waals surface area contributed by atoms with Crippen molar-refractivity contribution in [2.45, 2.75) is 44.8 Å². The Bertz CT molecular complexity index is 508. The van der Waals surface area contributed by atoms with Gasteiger partial charge in [0.1, 0.15) is 11.7 Å². The molecule has 0 aromatic heterocycles. The van der Waals surface area contributed by atoms with E-state index in [0.29, 0.717) is 5.92 Å². The summed E-state index contributed by atoms with van der Waals surface area (Å²) in [6.45, 7) is 5.20. The van der Waals surface area contributed by atoms with Crippen LogP contribution in [0.5, 0.6) is 0 Å². The molecular formula is C16H21ClN2O. The van der Waals surface area contributed by atoms with E-state index in [1.165, 1.54) is 0 Å². The summed E-state index contributed by atoms with van der Waals surface area (Å²) in [4.78, 5) is 14.6. The van der Waals surface area contributed by atoms with Crippen LogP contribution in [0.25, 0.3) is 0 Å². The van der Waals surface area contributed by atoms with Crippen molar-refractivity contribution in [3.8, 4) is 0 Å². The summed E-state index contributed by atoms with van der Waals surface area (Å²) in [5, 5.41) is 4.26. The normalized spacial score (nSPS) is 23.9. The molecule has 1 heterocycles. The lowest BCUT2D eigenvalue weighted by Gasteiger charge is -2.25. The van der Waals surface area contributed by atoms with Crippen molar-refractivity contribution in [2.75, 3.05) is 6.54 Å². The van der Waals surface area contributed by atoms with E-state index in [4.69, 9.17) is 11.6 Å². The highest BCUT2D eigenvalue weighted by Crippen LogP contribution is 2.46. The van der Waals surface area contributed by atoms with E-state index >= 15 is 0 Å². The molecule has 1 aliphatic heterocycles. The molecule has 1 amide bonds. The Balaban J connectivity index is 1.83. The SMILES string of the molecule is CC(C)CCN1C(=O)C2(CC2)NC1c1ccc(Cl)cc1. The summed E-state index contributed by atoms with van der Waals surface area (Å²) < 4.78 is 0. The number of carbonyl (C=O) groups is 1.